The predicted molar refractivity (Wildman–Crippen MR) is 56.6 cm³/mol. The molecule has 0 spiro atoms. The lowest BCUT2D eigenvalue weighted by molar-refractivity contribution is 0.178. The van der Waals surface area contributed by atoms with Crippen molar-refractivity contribution in [2.24, 2.45) is 0 Å². The maximum Gasteiger partial charge on any atom is 0.128 e. The minimum absolute atomic E-state index is 0.261. The van der Waals surface area contributed by atoms with Gasteiger partial charge in [-0.2, -0.15) is 0 Å². The Hall–Kier alpha value is -1.50. The lowest BCUT2D eigenvalue weighted by Gasteiger charge is -2.14. The molecule has 1 atom stereocenters. The number of ether oxygens (including phenoxy) is 1. The van der Waals surface area contributed by atoms with Crippen LogP contribution >= 0.6 is 0 Å². The van der Waals surface area contributed by atoms with Crippen LogP contribution in [0.25, 0.3) is 0 Å². The van der Waals surface area contributed by atoms with Crippen LogP contribution in [0.2, 0.25) is 0 Å². The molecule has 70 valence electrons. The van der Waals surface area contributed by atoms with E-state index in [1.165, 1.54) is 11.1 Å². The molecule has 0 bridgehead atoms. The van der Waals surface area contributed by atoms with Crippen LogP contribution in [0.1, 0.15) is 12.8 Å². The van der Waals surface area contributed by atoms with Crippen molar-refractivity contribution in [1.82, 2.24) is 0 Å². The predicted octanol–water partition coefficient (Wildman–Crippen LogP) is 3.04. The third kappa shape index (κ3) is 1.09. The number of allylic oxidation sites excluding steroid dienone is 6. The van der Waals surface area contributed by atoms with Gasteiger partial charge >= 0.3 is 0 Å². The fourth-order valence-corrected chi connectivity index (χ4v) is 2.09. The highest BCUT2D eigenvalue weighted by Gasteiger charge is 2.28. The summed E-state index contributed by atoms with van der Waals surface area (Å²) in [5, 5.41) is 0. The fraction of sp³-hybridized carbons (Fsp3) is 0.231. The average molecular weight is 184 g/mol. The van der Waals surface area contributed by atoms with Crippen molar-refractivity contribution in [3.05, 3.63) is 59.4 Å². The molecule has 1 heteroatoms. The molecule has 3 aliphatic rings. The third-order valence-corrected chi connectivity index (χ3v) is 2.78. The Labute approximate surface area is 83.8 Å². The second kappa shape index (κ2) is 3.02. The molecule has 0 saturated heterocycles. The van der Waals surface area contributed by atoms with Crippen molar-refractivity contribution in [2.45, 2.75) is 18.9 Å². The van der Waals surface area contributed by atoms with E-state index in [9.17, 15) is 0 Å². The van der Waals surface area contributed by atoms with Crippen LogP contribution in [0.3, 0.4) is 0 Å². The summed E-state index contributed by atoms with van der Waals surface area (Å²) in [6, 6.07) is 0. The van der Waals surface area contributed by atoms with Gasteiger partial charge in [-0.3, -0.25) is 0 Å². The summed E-state index contributed by atoms with van der Waals surface area (Å²) in [5.41, 5.74) is 2.61. The molecular formula is C13H12O. The maximum absolute atomic E-state index is 5.87. The van der Waals surface area contributed by atoms with Gasteiger partial charge in [0.1, 0.15) is 11.9 Å². The summed E-state index contributed by atoms with van der Waals surface area (Å²) in [5.74, 6) is 1.04. The molecule has 3 rings (SSSR count). The summed E-state index contributed by atoms with van der Waals surface area (Å²) in [6.45, 7) is 0. The molecule has 14 heavy (non-hydrogen) atoms. The van der Waals surface area contributed by atoms with Crippen molar-refractivity contribution in [1.29, 1.82) is 0 Å². The molecule has 0 N–H and O–H groups in total. The number of hydrogen-bond acceptors (Lipinski definition) is 1. The summed E-state index contributed by atoms with van der Waals surface area (Å²) in [7, 11) is 0. The van der Waals surface area contributed by atoms with Crippen LogP contribution in [-0.2, 0) is 4.74 Å². The molecule has 0 fully saturated rings. The average Bonchev–Trinajstić information content (AvgIpc) is 2.42. The summed E-state index contributed by atoms with van der Waals surface area (Å²) in [4.78, 5) is 0. The summed E-state index contributed by atoms with van der Waals surface area (Å²) in [6.07, 6.45) is 17.3. The van der Waals surface area contributed by atoms with Crippen molar-refractivity contribution < 1.29 is 4.74 Å². The van der Waals surface area contributed by atoms with E-state index in [2.05, 4.69) is 42.5 Å². The van der Waals surface area contributed by atoms with E-state index in [4.69, 9.17) is 4.74 Å². The Morgan fingerprint density at radius 1 is 1.14 bits per heavy atom. The molecule has 1 aliphatic heterocycles. The fourth-order valence-electron chi connectivity index (χ4n) is 2.09. The molecule has 2 aliphatic carbocycles. The molecule has 1 nitrogen and oxygen atoms in total. The SMILES string of the molecule is C1=CCC2OC3=C(C=CCC=C3)C2=C1. The molecule has 0 amide bonds. The zero-order valence-corrected chi connectivity index (χ0v) is 7.94. The van der Waals surface area contributed by atoms with E-state index in [0.29, 0.717) is 0 Å². The Morgan fingerprint density at radius 3 is 3.07 bits per heavy atom. The van der Waals surface area contributed by atoms with Crippen molar-refractivity contribution in [2.75, 3.05) is 0 Å². The lowest BCUT2D eigenvalue weighted by Crippen LogP contribution is -2.09. The normalized spacial score (nSPS) is 28.0. The highest BCUT2D eigenvalue weighted by molar-refractivity contribution is 5.54. The first kappa shape index (κ1) is 7.86. The van der Waals surface area contributed by atoms with E-state index in [0.717, 1.165) is 18.6 Å². The van der Waals surface area contributed by atoms with Crippen molar-refractivity contribution in [3.8, 4) is 0 Å². The zero-order chi connectivity index (χ0) is 9.38. The second-order valence-electron chi connectivity index (χ2n) is 3.71. The Morgan fingerprint density at radius 2 is 2.07 bits per heavy atom. The first-order chi connectivity index (χ1) is 6.95. The lowest BCUT2D eigenvalue weighted by atomic mass is 9.96. The van der Waals surface area contributed by atoms with E-state index < -0.39 is 0 Å². The van der Waals surface area contributed by atoms with Crippen molar-refractivity contribution in [3.63, 3.8) is 0 Å². The van der Waals surface area contributed by atoms with Crippen LogP contribution in [0.15, 0.2) is 59.4 Å². The monoisotopic (exact) mass is 184 g/mol. The molecule has 1 heterocycles. The van der Waals surface area contributed by atoms with Crippen molar-refractivity contribution >= 4 is 0 Å². The second-order valence-corrected chi connectivity index (χ2v) is 3.71. The van der Waals surface area contributed by atoms with Gasteiger partial charge in [0.25, 0.3) is 0 Å². The third-order valence-electron chi connectivity index (χ3n) is 2.78. The number of fused-ring (bicyclic) bond motifs is 2. The summed E-state index contributed by atoms with van der Waals surface area (Å²) >= 11 is 0. The van der Waals surface area contributed by atoms with Gasteiger partial charge in [-0.25, -0.2) is 0 Å². The highest BCUT2D eigenvalue weighted by atomic mass is 16.5. The highest BCUT2D eigenvalue weighted by Crippen LogP contribution is 2.36. The molecule has 0 aromatic carbocycles. The van der Waals surface area contributed by atoms with Crippen LogP contribution in [0.5, 0.6) is 0 Å². The minimum atomic E-state index is 0.261. The molecule has 0 radical (unpaired) electrons. The Bertz CT molecular complexity index is 405. The molecule has 0 saturated carbocycles. The quantitative estimate of drug-likeness (QED) is 0.562. The Balaban J connectivity index is 2.08. The molecule has 0 aromatic rings. The van der Waals surface area contributed by atoms with E-state index in [-0.39, 0.29) is 6.10 Å². The molecular weight excluding hydrogens is 172 g/mol. The van der Waals surface area contributed by atoms with Gasteiger partial charge in [-0.1, -0.05) is 36.5 Å². The van der Waals surface area contributed by atoms with E-state index >= 15 is 0 Å². The van der Waals surface area contributed by atoms with Crippen LogP contribution in [-0.4, -0.2) is 6.10 Å². The Kier molecular flexibility index (Phi) is 1.69. The largest absolute Gasteiger partial charge is 0.485 e. The zero-order valence-electron chi connectivity index (χ0n) is 7.94. The molecule has 1 unspecified atom stereocenters. The standard InChI is InChI=1S/C13H12O/c1-2-6-10-11-7-4-5-9-13(11)14-12(10)8-3-1/h2-8,13H,1,9H2. The first-order valence-corrected chi connectivity index (χ1v) is 5.06. The smallest absolute Gasteiger partial charge is 0.128 e. The van der Waals surface area contributed by atoms with Crippen LogP contribution in [0, 0.1) is 0 Å². The van der Waals surface area contributed by atoms with Gasteiger partial charge in [-0.05, 0) is 12.5 Å². The topological polar surface area (TPSA) is 9.23 Å². The van der Waals surface area contributed by atoms with Gasteiger partial charge < -0.3 is 4.74 Å². The van der Waals surface area contributed by atoms with Gasteiger partial charge in [0, 0.05) is 17.6 Å². The number of hydrogen-bond donors (Lipinski definition) is 0. The van der Waals surface area contributed by atoms with E-state index in [1.54, 1.807) is 0 Å². The summed E-state index contributed by atoms with van der Waals surface area (Å²) < 4.78 is 5.87. The number of rotatable bonds is 0. The van der Waals surface area contributed by atoms with Crippen LogP contribution < -0.4 is 0 Å². The van der Waals surface area contributed by atoms with Gasteiger partial charge in [0.2, 0.25) is 0 Å². The van der Waals surface area contributed by atoms with Gasteiger partial charge in [0.05, 0.1) is 0 Å². The minimum Gasteiger partial charge on any atom is -0.485 e. The van der Waals surface area contributed by atoms with Crippen LogP contribution in [0.4, 0.5) is 0 Å². The first-order valence-electron chi connectivity index (χ1n) is 5.06. The van der Waals surface area contributed by atoms with E-state index in [1.807, 2.05) is 0 Å². The van der Waals surface area contributed by atoms with Gasteiger partial charge in [0.15, 0.2) is 0 Å². The van der Waals surface area contributed by atoms with Gasteiger partial charge in [-0.15, -0.1) is 0 Å². The maximum atomic E-state index is 5.87. The molecule has 0 aromatic heterocycles.